The quantitative estimate of drug-likeness (QED) is 0.704. The fourth-order valence-corrected chi connectivity index (χ4v) is 2.76. The second-order valence-electron chi connectivity index (χ2n) is 5.60. The van der Waals surface area contributed by atoms with Crippen LogP contribution in [-0.2, 0) is 19.4 Å². The Morgan fingerprint density at radius 2 is 2.24 bits per heavy atom. The summed E-state index contributed by atoms with van der Waals surface area (Å²) >= 11 is 5.96. The Balaban J connectivity index is 0.00000312. The molecule has 10 heteroatoms. The van der Waals surface area contributed by atoms with Gasteiger partial charge in [-0.25, -0.2) is 8.42 Å². The predicted molar refractivity (Wildman–Crippen MR) is 99.8 cm³/mol. The average Bonchev–Trinajstić information content (AvgIpc) is 2.49. The van der Waals surface area contributed by atoms with Crippen molar-refractivity contribution in [3.63, 3.8) is 0 Å². The first-order chi connectivity index (χ1) is 11.3. The Morgan fingerprint density at radius 3 is 2.88 bits per heavy atom. The molecule has 0 aliphatic carbocycles. The molecule has 1 aromatic rings. The predicted octanol–water partition coefficient (Wildman–Crippen LogP) is 1.50. The van der Waals surface area contributed by atoms with Gasteiger partial charge in [-0.05, 0) is 18.2 Å². The number of hydrogen-bond acceptors (Lipinski definition) is 6. The molecule has 7 nitrogen and oxygen atoms in total. The van der Waals surface area contributed by atoms with Gasteiger partial charge in [-0.1, -0.05) is 11.6 Å². The van der Waals surface area contributed by atoms with Crippen molar-refractivity contribution in [2.24, 2.45) is 0 Å². The summed E-state index contributed by atoms with van der Waals surface area (Å²) in [5.41, 5.74) is 0.415. The van der Waals surface area contributed by atoms with Crippen LogP contribution in [0.15, 0.2) is 18.2 Å². The van der Waals surface area contributed by atoms with Gasteiger partial charge < -0.3 is 20.1 Å². The molecule has 1 amide bonds. The fourth-order valence-electron chi connectivity index (χ4n) is 2.20. The largest absolute Gasteiger partial charge is 0.490 e. The summed E-state index contributed by atoms with van der Waals surface area (Å²) < 4.78 is 33.1. The zero-order valence-electron chi connectivity index (χ0n) is 13.8. The first-order valence-corrected chi connectivity index (χ1v) is 9.98. The van der Waals surface area contributed by atoms with E-state index >= 15 is 0 Å². The number of hydrogen-bond donors (Lipinski definition) is 2. The number of carbonyl (C=O) groups excluding carboxylic acids is 1. The van der Waals surface area contributed by atoms with Crippen molar-refractivity contribution in [3.8, 4) is 5.75 Å². The van der Waals surface area contributed by atoms with E-state index in [2.05, 4.69) is 10.6 Å². The van der Waals surface area contributed by atoms with E-state index in [0.717, 1.165) is 12.8 Å². The van der Waals surface area contributed by atoms with Crippen molar-refractivity contribution in [2.45, 2.75) is 12.5 Å². The van der Waals surface area contributed by atoms with Gasteiger partial charge in [0.2, 0.25) is 5.91 Å². The summed E-state index contributed by atoms with van der Waals surface area (Å²) in [5, 5.41) is 6.40. The maximum Gasteiger partial charge on any atom is 0.226 e. The molecule has 2 rings (SSSR count). The lowest BCUT2D eigenvalue weighted by Crippen LogP contribution is -2.43. The fraction of sp³-hybridized carbons (Fsp3) is 0.533. The highest BCUT2D eigenvalue weighted by molar-refractivity contribution is 7.90. The lowest BCUT2D eigenvalue weighted by atomic mass is 10.2. The summed E-state index contributed by atoms with van der Waals surface area (Å²) in [7, 11) is -3.12. The van der Waals surface area contributed by atoms with E-state index in [1.807, 2.05) is 0 Å². The number of anilines is 1. The van der Waals surface area contributed by atoms with Crippen LogP contribution in [0.1, 0.15) is 6.42 Å². The van der Waals surface area contributed by atoms with Crippen molar-refractivity contribution in [1.82, 2.24) is 5.32 Å². The zero-order chi connectivity index (χ0) is 17.6. The van der Waals surface area contributed by atoms with Crippen molar-refractivity contribution >= 4 is 45.4 Å². The summed E-state index contributed by atoms with van der Waals surface area (Å²) in [6, 6.07) is 4.75. The van der Waals surface area contributed by atoms with Crippen LogP contribution in [0.4, 0.5) is 5.69 Å². The second-order valence-corrected chi connectivity index (χ2v) is 8.29. The molecule has 2 N–H and O–H groups in total. The molecule has 1 aliphatic rings. The van der Waals surface area contributed by atoms with E-state index in [4.69, 9.17) is 21.1 Å². The first-order valence-electron chi connectivity index (χ1n) is 7.54. The standard InChI is InChI=1S/C15H21ClN2O5S.ClH/c1-24(20,21)7-6-23-14-3-2-11(16)8-13(14)18-15(19)9-12-10-22-5-4-17-12;/h2-3,8,12,17H,4-7,9-10H2,1H3,(H,18,19);1H. The molecular weight excluding hydrogens is 391 g/mol. The van der Waals surface area contributed by atoms with E-state index in [0.29, 0.717) is 29.7 Å². The highest BCUT2D eigenvalue weighted by Crippen LogP contribution is 2.28. The summed E-state index contributed by atoms with van der Waals surface area (Å²) in [6.45, 7) is 1.85. The van der Waals surface area contributed by atoms with Gasteiger partial charge in [0.05, 0.1) is 24.7 Å². The lowest BCUT2D eigenvalue weighted by Gasteiger charge is -2.23. The molecule has 0 aromatic heterocycles. The minimum atomic E-state index is -3.12. The molecule has 0 spiro atoms. The van der Waals surface area contributed by atoms with E-state index in [1.54, 1.807) is 18.2 Å². The number of halogens is 2. The van der Waals surface area contributed by atoms with Gasteiger partial charge in [-0.15, -0.1) is 12.4 Å². The maximum atomic E-state index is 12.2. The van der Waals surface area contributed by atoms with Crippen LogP contribution in [0, 0.1) is 0 Å². The highest BCUT2D eigenvalue weighted by atomic mass is 35.5. The maximum absolute atomic E-state index is 12.2. The smallest absolute Gasteiger partial charge is 0.226 e. The Morgan fingerprint density at radius 1 is 1.48 bits per heavy atom. The number of amides is 1. The molecule has 1 aromatic carbocycles. The van der Waals surface area contributed by atoms with Crippen LogP contribution in [0.2, 0.25) is 5.02 Å². The Hall–Kier alpha value is -1.06. The monoisotopic (exact) mass is 412 g/mol. The van der Waals surface area contributed by atoms with E-state index in [9.17, 15) is 13.2 Å². The number of morpholine rings is 1. The number of carbonyl (C=O) groups is 1. The van der Waals surface area contributed by atoms with Gasteiger partial charge in [0.1, 0.15) is 12.4 Å². The number of rotatable bonds is 7. The highest BCUT2D eigenvalue weighted by Gasteiger charge is 2.18. The van der Waals surface area contributed by atoms with E-state index in [-0.39, 0.29) is 43.1 Å². The number of ether oxygens (including phenoxy) is 2. The molecule has 25 heavy (non-hydrogen) atoms. The molecule has 0 bridgehead atoms. The van der Waals surface area contributed by atoms with Gasteiger partial charge in [-0.2, -0.15) is 0 Å². The van der Waals surface area contributed by atoms with Crippen LogP contribution >= 0.6 is 24.0 Å². The molecule has 0 saturated carbocycles. The number of benzene rings is 1. The van der Waals surface area contributed by atoms with Crippen LogP contribution in [0.25, 0.3) is 0 Å². The van der Waals surface area contributed by atoms with E-state index < -0.39 is 9.84 Å². The summed E-state index contributed by atoms with van der Waals surface area (Å²) in [6.07, 6.45) is 1.40. The van der Waals surface area contributed by atoms with Gasteiger partial charge in [0.15, 0.2) is 9.84 Å². The van der Waals surface area contributed by atoms with Crippen molar-refractivity contribution in [2.75, 3.05) is 43.7 Å². The first kappa shape index (κ1) is 22.0. The lowest BCUT2D eigenvalue weighted by molar-refractivity contribution is -0.117. The third-order valence-electron chi connectivity index (χ3n) is 3.36. The SMILES string of the molecule is CS(=O)(=O)CCOc1ccc(Cl)cc1NC(=O)CC1COCCN1.Cl. The molecular formula is C15H22Cl2N2O5S. The molecule has 0 radical (unpaired) electrons. The molecule has 1 aliphatic heterocycles. The third-order valence-corrected chi connectivity index (χ3v) is 4.50. The third kappa shape index (κ3) is 8.24. The normalized spacial score (nSPS) is 17.4. The Kier molecular flexibility index (Phi) is 8.95. The average molecular weight is 413 g/mol. The zero-order valence-corrected chi connectivity index (χ0v) is 16.2. The van der Waals surface area contributed by atoms with Gasteiger partial charge in [0.25, 0.3) is 0 Å². The molecule has 1 heterocycles. The van der Waals surface area contributed by atoms with Crippen molar-refractivity contribution < 1.29 is 22.7 Å². The summed E-state index contributed by atoms with van der Waals surface area (Å²) in [5.74, 6) is 0.0734. The molecule has 1 unspecified atom stereocenters. The number of nitrogens with one attached hydrogen (secondary N) is 2. The minimum absolute atomic E-state index is 0. The van der Waals surface area contributed by atoms with Crippen LogP contribution in [-0.4, -0.2) is 58.7 Å². The molecule has 1 saturated heterocycles. The molecule has 1 fully saturated rings. The van der Waals surface area contributed by atoms with Gasteiger partial charge >= 0.3 is 0 Å². The Bertz CT molecular complexity index is 678. The minimum Gasteiger partial charge on any atom is -0.490 e. The second kappa shape index (κ2) is 10.2. The molecule has 142 valence electrons. The van der Waals surface area contributed by atoms with Crippen LogP contribution in [0.3, 0.4) is 0 Å². The molecule has 1 atom stereocenters. The van der Waals surface area contributed by atoms with Crippen LogP contribution in [0.5, 0.6) is 5.75 Å². The topological polar surface area (TPSA) is 93.7 Å². The summed E-state index contributed by atoms with van der Waals surface area (Å²) in [4.78, 5) is 12.2. The van der Waals surface area contributed by atoms with E-state index in [1.165, 1.54) is 0 Å². The van der Waals surface area contributed by atoms with Crippen molar-refractivity contribution in [1.29, 1.82) is 0 Å². The Labute approximate surface area is 158 Å². The van der Waals surface area contributed by atoms with Gasteiger partial charge in [-0.3, -0.25) is 4.79 Å². The van der Waals surface area contributed by atoms with Gasteiger partial charge in [0, 0.05) is 30.3 Å². The van der Waals surface area contributed by atoms with Crippen LogP contribution < -0.4 is 15.4 Å². The van der Waals surface area contributed by atoms with Crippen molar-refractivity contribution in [3.05, 3.63) is 23.2 Å². The number of sulfone groups is 1.